The zero-order valence-electron chi connectivity index (χ0n) is 7.99. The van der Waals surface area contributed by atoms with Crippen LogP contribution in [0.3, 0.4) is 0 Å². The number of carbonyl (C=O) groups is 1. The minimum Gasteiger partial charge on any atom is -0.463 e. The summed E-state index contributed by atoms with van der Waals surface area (Å²) in [6.07, 6.45) is -0.528. The molecule has 0 radical (unpaired) electrons. The van der Waals surface area contributed by atoms with E-state index in [1.807, 2.05) is 0 Å². The molecule has 5 nitrogen and oxygen atoms in total. The van der Waals surface area contributed by atoms with Crippen LogP contribution in [0.25, 0.3) is 0 Å². The predicted octanol–water partition coefficient (Wildman–Crippen LogP) is 0.903. The van der Waals surface area contributed by atoms with E-state index in [-0.39, 0.29) is 13.0 Å². The van der Waals surface area contributed by atoms with E-state index in [2.05, 4.69) is 4.74 Å². The SMILES string of the molecule is CCCC(F)(C(=O)OCC)S(=O)(=O)O. The summed E-state index contributed by atoms with van der Waals surface area (Å²) >= 11 is 0. The Balaban J connectivity index is 5.01. The molecule has 0 aliphatic carbocycles. The van der Waals surface area contributed by atoms with Crippen molar-refractivity contribution in [2.75, 3.05) is 6.61 Å². The van der Waals surface area contributed by atoms with Gasteiger partial charge in [0.15, 0.2) is 0 Å². The molecule has 0 spiro atoms. The fourth-order valence-corrected chi connectivity index (χ4v) is 1.63. The molecule has 0 heterocycles. The number of ether oxygens (including phenoxy) is 1. The highest BCUT2D eigenvalue weighted by Gasteiger charge is 2.51. The summed E-state index contributed by atoms with van der Waals surface area (Å²) < 4.78 is 47.6. The molecular formula is C7H13FO5S. The molecule has 0 saturated carbocycles. The van der Waals surface area contributed by atoms with Gasteiger partial charge in [-0.15, -0.1) is 0 Å². The van der Waals surface area contributed by atoms with Crippen LogP contribution in [0.2, 0.25) is 0 Å². The van der Waals surface area contributed by atoms with Crippen molar-refractivity contribution in [2.45, 2.75) is 31.7 Å². The van der Waals surface area contributed by atoms with Crippen molar-refractivity contribution in [1.29, 1.82) is 0 Å². The van der Waals surface area contributed by atoms with E-state index < -0.39 is 27.5 Å². The van der Waals surface area contributed by atoms with Crippen LogP contribution < -0.4 is 0 Å². The van der Waals surface area contributed by atoms with Crippen LogP contribution in [-0.2, 0) is 19.6 Å². The Morgan fingerprint density at radius 3 is 2.29 bits per heavy atom. The third-order valence-electron chi connectivity index (χ3n) is 1.56. The molecule has 0 aromatic carbocycles. The Morgan fingerprint density at radius 1 is 1.50 bits per heavy atom. The van der Waals surface area contributed by atoms with Gasteiger partial charge in [0.25, 0.3) is 0 Å². The van der Waals surface area contributed by atoms with Gasteiger partial charge in [-0.25, -0.2) is 9.18 Å². The summed E-state index contributed by atoms with van der Waals surface area (Å²) in [6.45, 7) is 2.75. The van der Waals surface area contributed by atoms with Gasteiger partial charge in [-0.1, -0.05) is 13.3 Å². The van der Waals surface area contributed by atoms with Crippen LogP contribution in [0.1, 0.15) is 26.7 Å². The highest BCUT2D eigenvalue weighted by atomic mass is 32.2. The van der Waals surface area contributed by atoms with Gasteiger partial charge in [-0.2, -0.15) is 8.42 Å². The van der Waals surface area contributed by atoms with Crippen LogP contribution in [0, 0.1) is 0 Å². The summed E-state index contributed by atoms with van der Waals surface area (Å²) in [5, 5.41) is -3.34. The summed E-state index contributed by atoms with van der Waals surface area (Å²) in [4.78, 5) is 11.0. The molecule has 0 amide bonds. The molecule has 0 aromatic rings. The average molecular weight is 228 g/mol. The van der Waals surface area contributed by atoms with Crippen LogP contribution in [-0.4, -0.2) is 30.5 Å². The molecule has 14 heavy (non-hydrogen) atoms. The van der Waals surface area contributed by atoms with Crippen molar-refractivity contribution in [3.05, 3.63) is 0 Å². The fourth-order valence-electron chi connectivity index (χ4n) is 0.897. The molecule has 0 saturated heterocycles. The van der Waals surface area contributed by atoms with Crippen molar-refractivity contribution in [3.63, 3.8) is 0 Å². The maximum atomic E-state index is 13.6. The lowest BCUT2D eigenvalue weighted by atomic mass is 10.2. The number of alkyl halides is 1. The number of halogens is 1. The number of hydrogen-bond acceptors (Lipinski definition) is 4. The maximum Gasteiger partial charge on any atom is 0.362 e. The molecule has 1 atom stereocenters. The van der Waals surface area contributed by atoms with Crippen LogP contribution >= 0.6 is 0 Å². The van der Waals surface area contributed by atoms with Crippen molar-refractivity contribution >= 4 is 16.1 Å². The quantitative estimate of drug-likeness (QED) is 0.558. The first-order valence-corrected chi connectivity index (χ1v) is 5.56. The molecule has 0 aliphatic rings. The van der Waals surface area contributed by atoms with E-state index in [9.17, 15) is 17.6 Å². The fraction of sp³-hybridized carbons (Fsp3) is 0.857. The molecule has 0 aromatic heterocycles. The highest BCUT2D eigenvalue weighted by Crippen LogP contribution is 2.26. The van der Waals surface area contributed by atoms with Crippen molar-refractivity contribution < 1.29 is 26.9 Å². The second-order valence-electron chi connectivity index (χ2n) is 2.67. The van der Waals surface area contributed by atoms with Gasteiger partial charge in [0.2, 0.25) is 0 Å². The molecule has 0 aliphatic heterocycles. The standard InChI is InChI=1S/C7H13FO5S/c1-3-5-7(8,14(10,11)12)6(9)13-4-2/h3-5H2,1-2H3,(H,10,11,12). The van der Waals surface area contributed by atoms with E-state index in [1.54, 1.807) is 0 Å². The van der Waals surface area contributed by atoms with Gasteiger partial charge < -0.3 is 4.74 Å². The summed E-state index contributed by atoms with van der Waals surface area (Å²) in [5.41, 5.74) is 0. The van der Waals surface area contributed by atoms with Crippen molar-refractivity contribution in [1.82, 2.24) is 0 Å². The van der Waals surface area contributed by atoms with E-state index in [0.29, 0.717) is 0 Å². The molecule has 0 bridgehead atoms. The first-order chi connectivity index (χ1) is 6.29. The van der Waals surface area contributed by atoms with Gasteiger partial charge in [-0.3, -0.25) is 4.55 Å². The zero-order chi connectivity index (χ0) is 11.4. The topological polar surface area (TPSA) is 80.7 Å². The van der Waals surface area contributed by atoms with Gasteiger partial charge in [0, 0.05) is 6.42 Å². The predicted molar refractivity (Wildman–Crippen MR) is 46.9 cm³/mol. The molecule has 0 rings (SSSR count). The minimum atomic E-state index is -5.09. The Labute approximate surface area is 82.0 Å². The molecule has 0 fully saturated rings. The molecule has 84 valence electrons. The van der Waals surface area contributed by atoms with Gasteiger partial charge in [-0.05, 0) is 6.92 Å². The number of hydrogen-bond donors (Lipinski definition) is 1. The maximum absolute atomic E-state index is 13.6. The molecule has 7 heteroatoms. The Kier molecular flexibility index (Phi) is 4.47. The first kappa shape index (κ1) is 13.3. The van der Waals surface area contributed by atoms with E-state index in [0.717, 1.165) is 0 Å². The molecular weight excluding hydrogens is 215 g/mol. The van der Waals surface area contributed by atoms with E-state index in [1.165, 1.54) is 13.8 Å². The Hall–Kier alpha value is -0.690. The van der Waals surface area contributed by atoms with Crippen LogP contribution in [0.15, 0.2) is 0 Å². The second-order valence-corrected chi connectivity index (χ2v) is 4.27. The minimum absolute atomic E-state index is 0.0924. The zero-order valence-corrected chi connectivity index (χ0v) is 8.80. The van der Waals surface area contributed by atoms with Crippen LogP contribution in [0.4, 0.5) is 4.39 Å². The third kappa shape index (κ3) is 2.65. The lowest BCUT2D eigenvalue weighted by Gasteiger charge is -2.18. The van der Waals surface area contributed by atoms with Crippen molar-refractivity contribution in [2.24, 2.45) is 0 Å². The Bertz CT molecular complexity index is 299. The number of rotatable bonds is 5. The van der Waals surface area contributed by atoms with Gasteiger partial charge in [0.1, 0.15) is 0 Å². The van der Waals surface area contributed by atoms with Gasteiger partial charge in [0.05, 0.1) is 6.61 Å². The van der Waals surface area contributed by atoms with Gasteiger partial charge >= 0.3 is 21.1 Å². The van der Waals surface area contributed by atoms with E-state index in [4.69, 9.17) is 4.55 Å². The monoisotopic (exact) mass is 228 g/mol. The van der Waals surface area contributed by atoms with Crippen LogP contribution in [0.5, 0.6) is 0 Å². The largest absolute Gasteiger partial charge is 0.463 e. The first-order valence-electron chi connectivity index (χ1n) is 4.12. The normalized spacial score (nSPS) is 16.0. The number of carbonyl (C=O) groups excluding carboxylic acids is 1. The summed E-state index contributed by atoms with van der Waals surface area (Å²) in [5.74, 6) is -1.57. The smallest absolute Gasteiger partial charge is 0.362 e. The lowest BCUT2D eigenvalue weighted by Crippen LogP contribution is -2.43. The van der Waals surface area contributed by atoms with E-state index >= 15 is 0 Å². The molecule has 1 N–H and O–H groups in total. The van der Waals surface area contributed by atoms with Crippen molar-refractivity contribution in [3.8, 4) is 0 Å². The second kappa shape index (κ2) is 4.70. The third-order valence-corrected chi connectivity index (χ3v) is 2.75. The summed E-state index contributed by atoms with van der Waals surface area (Å²) in [6, 6.07) is 0. The highest BCUT2D eigenvalue weighted by molar-refractivity contribution is 7.87. The summed E-state index contributed by atoms with van der Waals surface area (Å²) in [7, 11) is -5.09. The average Bonchev–Trinajstić information content (AvgIpc) is 2.03. The number of esters is 1. The molecule has 1 unspecified atom stereocenters. The lowest BCUT2D eigenvalue weighted by molar-refractivity contribution is -0.152. The Morgan fingerprint density at radius 2 is 2.00 bits per heavy atom.